The van der Waals surface area contributed by atoms with Crippen LogP contribution in [0.4, 0.5) is 18.3 Å². The largest absolute Gasteiger partial charge is 0.416 e. The second-order valence-corrected chi connectivity index (χ2v) is 7.75. The Morgan fingerprint density at radius 3 is 2.39 bits per heavy atom. The molecule has 0 saturated heterocycles. The van der Waals surface area contributed by atoms with Crippen molar-refractivity contribution in [3.05, 3.63) is 41.6 Å². The molecule has 2 aromatic rings. The average Bonchev–Trinajstić information content (AvgIpc) is 2.93. The molecule has 0 aliphatic carbocycles. The zero-order chi connectivity index (χ0) is 17.3. The van der Waals surface area contributed by atoms with Crippen LogP contribution in [-0.2, 0) is 16.2 Å². The van der Waals surface area contributed by atoms with Crippen LogP contribution in [-0.4, -0.2) is 19.9 Å². The molecular formula is C13H14F3N3O2S2. The first-order chi connectivity index (χ1) is 10.6. The Kier molecular flexibility index (Phi) is 4.97. The SMILES string of the molecule is CC(CNc1ncc(S(N)(=O)=O)s1)c1ccc(C(F)(F)F)cc1. The quantitative estimate of drug-likeness (QED) is 0.853. The number of hydrogen-bond donors (Lipinski definition) is 2. The van der Waals surface area contributed by atoms with Crippen molar-refractivity contribution in [3.63, 3.8) is 0 Å². The number of hydrogen-bond acceptors (Lipinski definition) is 5. The van der Waals surface area contributed by atoms with E-state index in [0.29, 0.717) is 11.7 Å². The summed E-state index contributed by atoms with van der Waals surface area (Å²) in [5, 5.41) is 8.32. The monoisotopic (exact) mass is 365 g/mol. The van der Waals surface area contributed by atoms with Gasteiger partial charge in [0.05, 0.1) is 11.8 Å². The van der Waals surface area contributed by atoms with E-state index in [9.17, 15) is 21.6 Å². The van der Waals surface area contributed by atoms with Gasteiger partial charge < -0.3 is 5.32 Å². The molecule has 0 aliphatic heterocycles. The Morgan fingerprint density at radius 2 is 1.91 bits per heavy atom. The van der Waals surface area contributed by atoms with Crippen LogP contribution in [0, 0.1) is 0 Å². The third kappa shape index (κ3) is 4.66. The van der Waals surface area contributed by atoms with E-state index in [1.807, 2.05) is 6.92 Å². The van der Waals surface area contributed by atoms with Crippen LogP contribution in [0.1, 0.15) is 24.0 Å². The van der Waals surface area contributed by atoms with E-state index >= 15 is 0 Å². The van der Waals surface area contributed by atoms with Crippen molar-refractivity contribution in [2.45, 2.75) is 23.2 Å². The Bertz CT molecular complexity index is 771. The molecule has 23 heavy (non-hydrogen) atoms. The molecule has 0 fully saturated rings. The molecule has 0 aliphatic rings. The Labute approximate surface area is 135 Å². The highest BCUT2D eigenvalue weighted by atomic mass is 32.2. The first kappa shape index (κ1) is 17.7. The fraction of sp³-hybridized carbons (Fsp3) is 0.308. The maximum Gasteiger partial charge on any atom is 0.416 e. The predicted octanol–water partition coefficient (Wildman–Crippen LogP) is 3.02. The van der Waals surface area contributed by atoms with Crippen molar-refractivity contribution in [3.8, 4) is 0 Å². The van der Waals surface area contributed by atoms with E-state index in [4.69, 9.17) is 5.14 Å². The van der Waals surface area contributed by atoms with Crippen LogP contribution in [0.15, 0.2) is 34.7 Å². The first-order valence-electron chi connectivity index (χ1n) is 6.47. The van der Waals surface area contributed by atoms with E-state index in [-0.39, 0.29) is 10.1 Å². The minimum Gasteiger partial charge on any atom is -0.361 e. The lowest BCUT2D eigenvalue weighted by Crippen LogP contribution is -2.11. The second-order valence-electron chi connectivity index (χ2n) is 4.93. The van der Waals surface area contributed by atoms with Crippen LogP contribution >= 0.6 is 11.3 Å². The highest BCUT2D eigenvalue weighted by molar-refractivity contribution is 7.91. The zero-order valence-electron chi connectivity index (χ0n) is 12.0. The number of nitrogens with zero attached hydrogens (tertiary/aromatic N) is 1. The van der Waals surface area contributed by atoms with Crippen molar-refractivity contribution >= 4 is 26.5 Å². The molecule has 1 aromatic carbocycles. The third-order valence-corrected chi connectivity index (χ3v) is 5.49. The number of sulfonamides is 1. The van der Waals surface area contributed by atoms with Gasteiger partial charge >= 0.3 is 6.18 Å². The van der Waals surface area contributed by atoms with Gasteiger partial charge in [-0.2, -0.15) is 13.2 Å². The topological polar surface area (TPSA) is 85.1 Å². The highest BCUT2D eigenvalue weighted by Gasteiger charge is 2.30. The number of nitrogens with two attached hydrogens (primary N) is 1. The van der Waals surface area contributed by atoms with Gasteiger partial charge in [-0.25, -0.2) is 18.5 Å². The predicted molar refractivity (Wildman–Crippen MR) is 81.8 cm³/mol. The number of primary sulfonamides is 1. The van der Waals surface area contributed by atoms with Crippen molar-refractivity contribution < 1.29 is 21.6 Å². The van der Waals surface area contributed by atoms with E-state index in [1.165, 1.54) is 12.1 Å². The van der Waals surface area contributed by atoms with Crippen molar-refractivity contribution in [1.82, 2.24) is 4.98 Å². The summed E-state index contributed by atoms with van der Waals surface area (Å²) >= 11 is 0.899. The first-order valence-corrected chi connectivity index (χ1v) is 8.83. The van der Waals surface area contributed by atoms with Gasteiger partial charge in [-0.05, 0) is 23.6 Å². The summed E-state index contributed by atoms with van der Waals surface area (Å²) in [5.74, 6) is -0.0842. The number of alkyl halides is 3. The molecular weight excluding hydrogens is 351 g/mol. The molecule has 0 saturated carbocycles. The van der Waals surface area contributed by atoms with Crippen LogP contribution in [0.2, 0.25) is 0 Å². The molecule has 5 nitrogen and oxygen atoms in total. The second kappa shape index (κ2) is 6.46. The van der Waals surface area contributed by atoms with Crippen LogP contribution in [0.25, 0.3) is 0 Å². The number of benzene rings is 1. The third-order valence-electron chi connectivity index (χ3n) is 3.13. The Morgan fingerprint density at radius 1 is 1.30 bits per heavy atom. The van der Waals surface area contributed by atoms with Gasteiger partial charge in [0.25, 0.3) is 0 Å². The van der Waals surface area contributed by atoms with Crippen molar-refractivity contribution in [1.29, 1.82) is 0 Å². The van der Waals surface area contributed by atoms with Gasteiger partial charge in [0.15, 0.2) is 9.34 Å². The van der Waals surface area contributed by atoms with E-state index in [1.54, 1.807) is 0 Å². The van der Waals surface area contributed by atoms with Gasteiger partial charge in [-0.1, -0.05) is 30.4 Å². The lowest BCUT2D eigenvalue weighted by Gasteiger charge is -2.14. The van der Waals surface area contributed by atoms with Crippen LogP contribution < -0.4 is 10.5 Å². The molecule has 0 radical (unpaired) electrons. The number of nitrogens with one attached hydrogen (secondary N) is 1. The van der Waals surface area contributed by atoms with Crippen LogP contribution in [0.3, 0.4) is 0 Å². The van der Waals surface area contributed by atoms with Crippen molar-refractivity contribution in [2.75, 3.05) is 11.9 Å². The van der Waals surface area contributed by atoms with Gasteiger partial charge in [0, 0.05) is 6.54 Å². The highest BCUT2D eigenvalue weighted by Crippen LogP contribution is 2.30. The molecule has 126 valence electrons. The maximum atomic E-state index is 12.5. The maximum absolute atomic E-state index is 12.5. The van der Waals surface area contributed by atoms with E-state index in [0.717, 1.165) is 35.2 Å². The number of rotatable bonds is 5. The lowest BCUT2D eigenvalue weighted by molar-refractivity contribution is -0.137. The van der Waals surface area contributed by atoms with Gasteiger partial charge in [-0.3, -0.25) is 0 Å². The minimum atomic E-state index is -4.36. The zero-order valence-corrected chi connectivity index (χ0v) is 13.6. The van der Waals surface area contributed by atoms with Crippen molar-refractivity contribution in [2.24, 2.45) is 5.14 Å². The summed E-state index contributed by atoms with van der Waals surface area (Å²) in [7, 11) is -3.78. The molecule has 3 N–H and O–H groups in total. The smallest absolute Gasteiger partial charge is 0.361 e. The summed E-state index contributed by atoms with van der Waals surface area (Å²) in [6.45, 7) is 2.23. The number of aromatic nitrogens is 1. The van der Waals surface area contributed by atoms with Crippen LogP contribution in [0.5, 0.6) is 0 Å². The number of thiazole rings is 1. The molecule has 10 heteroatoms. The molecule has 1 heterocycles. The normalized spacial score (nSPS) is 13.8. The molecule has 1 unspecified atom stereocenters. The molecule has 1 aromatic heterocycles. The number of anilines is 1. The fourth-order valence-corrected chi connectivity index (χ4v) is 3.29. The summed E-state index contributed by atoms with van der Waals surface area (Å²) < 4.78 is 59.8. The molecule has 1 atom stereocenters. The summed E-state index contributed by atoms with van der Waals surface area (Å²) in [6.07, 6.45) is -3.20. The van der Waals surface area contributed by atoms with Gasteiger partial charge in [0.2, 0.25) is 10.0 Å². The summed E-state index contributed by atoms with van der Waals surface area (Å²) in [4.78, 5) is 3.89. The Balaban J connectivity index is 1.99. The Hall–Kier alpha value is -1.65. The molecule has 2 rings (SSSR count). The molecule has 0 bridgehead atoms. The molecule has 0 amide bonds. The minimum absolute atomic E-state index is 0.0535. The number of halogens is 3. The van der Waals surface area contributed by atoms with E-state index in [2.05, 4.69) is 10.3 Å². The lowest BCUT2D eigenvalue weighted by atomic mass is 10.00. The van der Waals surface area contributed by atoms with Gasteiger partial charge in [-0.15, -0.1) is 0 Å². The summed E-state index contributed by atoms with van der Waals surface area (Å²) in [6, 6.07) is 4.92. The molecule has 0 spiro atoms. The summed E-state index contributed by atoms with van der Waals surface area (Å²) in [5.41, 5.74) is 0.0350. The van der Waals surface area contributed by atoms with E-state index < -0.39 is 21.8 Å². The van der Waals surface area contributed by atoms with Gasteiger partial charge in [0.1, 0.15) is 0 Å². The average molecular weight is 365 g/mol. The standard InChI is InChI=1S/C13H14F3N3O2S2/c1-8(9-2-4-10(5-3-9)13(14,15)16)6-18-12-19-7-11(22-12)23(17,20)21/h2-5,7-8H,6H2,1H3,(H,18,19)(H2,17,20,21). The fourth-order valence-electron chi connectivity index (χ4n) is 1.83.